The summed E-state index contributed by atoms with van der Waals surface area (Å²) in [7, 11) is 1.57. The van der Waals surface area contributed by atoms with E-state index in [4.69, 9.17) is 4.74 Å². The number of carbonyl (C=O) groups is 3. The van der Waals surface area contributed by atoms with E-state index in [-0.39, 0.29) is 17.5 Å². The molecular formula is C31H33N3O4. The van der Waals surface area contributed by atoms with Gasteiger partial charge in [0.2, 0.25) is 0 Å². The first-order valence-electron chi connectivity index (χ1n) is 13.3. The maximum Gasteiger partial charge on any atom is 0.256 e. The second kappa shape index (κ2) is 11.2. The number of ketones is 2. The number of anilines is 1. The molecule has 196 valence electrons. The van der Waals surface area contributed by atoms with Gasteiger partial charge in [-0.1, -0.05) is 30.3 Å². The number of ether oxygens (including phenoxy) is 1. The summed E-state index contributed by atoms with van der Waals surface area (Å²) in [6.07, 6.45) is 6.37. The molecule has 0 aliphatic carbocycles. The van der Waals surface area contributed by atoms with Crippen LogP contribution in [0.5, 0.6) is 5.75 Å². The number of unbranched alkanes of at least 4 members (excludes halogenated alkanes) is 1. The fourth-order valence-electron chi connectivity index (χ4n) is 5.37. The zero-order chi connectivity index (χ0) is 26.6. The zero-order valence-corrected chi connectivity index (χ0v) is 21.9. The average molecular weight is 512 g/mol. The van der Waals surface area contributed by atoms with Crippen molar-refractivity contribution in [3.8, 4) is 5.75 Å². The second-order valence-corrected chi connectivity index (χ2v) is 9.96. The van der Waals surface area contributed by atoms with Crippen molar-refractivity contribution in [2.45, 2.75) is 39.0 Å². The highest BCUT2D eigenvalue weighted by atomic mass is 16.5. The Labute approximate surface area is 222 Å². The number of rotatable bonds is 10. The van der Waals surface area contributed by atoms with Crippen LogP contribution in [0.3, 0.4) is 0 Å². The van der Waals surface area contributed by atoms with Crippen LogP contribution in [0, 0.1) is 6.92 Å². The lowest BCUT2D eigenvalue weighted by molar-refractivity contribution is -0.110. The SMILES string of the molecule is COc1ccc2c(c1)NC(=O)/C2=C\c1[nH]c(C(=O)CCCCN2CCCC2)c(C)c1C(=O)c1ccccc1. The number of aromatic amines is 1. The fourth-order valence-corrected chi connectivity index (χ4v) is 5.37. The molecule has 0 unspecified atom stereocenters. The van der Waals surface area contributed by atoms with Crippen molar-refractivity contribution in [2.24, 2.45) is 0 Å². The van der Waals surface area contributed by atoms with Gasteiger partial charge in [0.05, 0.1) is 35.3 Å². The summed E-state index contributed by atoms with van der Waals surface area (Å²) in [6.45, 7) is 5.12. The van der Waals surface area contributed by atoms with Crippen molar-refractivity contribution >= 4 is 34.8 Å². The Hall–Kier alpha value is -3.97. The lowest BCUT2D eigenvalue weighted by Gasteiger charge is -2.13. The maximum absolute atomic E-state index is 13.6. The number of Topliss-reactive ketones (excluding diaryl/α,β-unsaturated/α-hetero) is 1. The Kier molecular flexibility index (Phi) is 7.56. The lowest BCUT2D eigenvalue weighted by atomic mass is 9.96. The molecular weight excluding hydrogens is 478 g/mol. The van der Waals surface area contributed by atoms with Crippen LogP contribution in [0.25, 0.3) is 11.6 Å². The van der Waals surface area contributed by atoms with Gasteiger partial charge >= 0.3 is 0 Å². The Morgan fingerprint density at radius 2 is 1.82 bits per heavy atom. The monoisotopic (exact) mass is 511 g/mol. The minimum atomic E-state index is -0.270. The Balaban J connectivity index is 1.47. The molecule has 0 bridgehead atoms. The van der Waals surface area contributed by atoms with E-state index in [0.717, 1.165) is 38.0 Å². The molecule has 2 N–H and O–H groups in total. The van der Waals surface area contributed by atoms with Crippen molar-refractivity contribution in [2.75, 3.05) is 32.1 Å². The lowest BCUT2D eigenvalue weighted by Crippen LogP contribution is -2.20. The van der Waals surface area contributed by atoms with E-state index in [2.05, 4.69) is 15.2 Å². The number of carbonyl (C=O) groups excluding carboxylic acids is 3. The van der Waals surface area contributed by atoms with Gasteiger partial charge in [-0.05, 0) is 76.0 Å². The molecule has 0 radical (unpaired) electrons. The molecule has 7 heteroatoms. The number of benzene rings is 2. The molecule has 1 aromatic heterocycles. The molecule has 38 heavy (non-hydrogen) atoms. The number of H-pyrrole nitrogens is 1. The molecule has 1 amide bonds. The summed E-state index contributed by atoms with van der Waals surface area (Å²) < 4.78 is 5.28. The van der Waals surface area contributed by atoms with Gasteiger partial charge in [0.25, 0.3) is 5.91 Å². The number of nitrogens with zero attached hydrogens (tertiary/aromatic N) is 1. The van der Waals surface area contributed by atoms with Crippen LogP contribution < -0.4 is 10.1 Å². The van der Waals surface area contributed by atoms with E-state index >= 15 is 0 Å². The molecule has 1 saturated heterocycles. The van der Waals surface area contributed by atoms with E-state index in [9.17, 15) is 14.4 Å². The van der Waals surface area contributed by atoms with Gasteiger partial charge in [-0.25, -0.2) is 0 Å². The second-order valence-electron chi connectivity index (χ2n) is 9.96. The van der Waals surface area contributed by atoms with Crippen LogP contribution in [0.15, 0.2) is 48.5 Å². The molecule has 2 aliphatic heterocycles. The van der Waals surface area contributed by atoms with Gasteiger partial charge in [0, 0.05) is 23.6 Å². The highest BCUT2D eigenvalue weighted by Gasteiger charge is 2.28. The van der Waals surface area contributed by atoms with Crippen LogP contribution in [-0.2, 0) is 4.79 Å². The predicted octanol–water partition coefficient (Wildman–Crippen LogP) is 5.50. The quantitative estimate of drug-likeness (QED) is 0.213. The molecule has 0 atom stereocenters. The number of aromatic nitrogens is 1. The number of methoxy groups -OCH3 is 1. The van der Waals surface area contributed by atoms with Crippen molar-refractivity contribution in [3.05, 3.63) is 82.2 Å². The van der Waals surface area contributed by atoms with Crippen LogP contribution >= 0.6 is 0 Å². The third kappa shape index (κ3) is 5.20. The summed E-state index contributed by atoms with van der Waals surface area (Å²) in [5, 5.41) is 2.87. The summed E-state index contributed by atoms with van der Waals surface area (Å²) in [5.74, 6) is 0.163. The minimum Gasteiger partial charge on any atom is -0.497 e. The minimum absolute atomic E-state index is 0.0170. The van der Waals surface area contributed by atoms with E-state index in [0.29, 0.717) is 51.5 Å². The van der Waals surface area contributed by atoms with E-state index in [1.807, 2.05) is 24.3 Å². The molecule has 0 saturated carbocycles. The molecule has 2 aromatic carbocycles. The Bertz CT molecular complexity index is 1400. The third-order valence-electron chi connectivity index (χ3n) is 7.45. The first-order chi connectivity index (χ1) is 18.5. The van der Waals surface area contributed by atoms with E-state index in [1.165, 1.54) is 12.8 Å². The van der Waals surface area contributed by atoms with E-state index < -0.39 is 0 Å². The summed E-state index contributed by atoms with van der Waals surface area (Å²) in [5.41, 5.74) is 4.25. The third-order valence-corrected chi connectivity index (χ3v) is 7.45. The molecule has 0 spiro atoms. The topological polar surface area (TPSA) is 91.5 Å². The summed E-state index contributed by atoms with van der Waals surface area (Å²) in [4.78, 5) is 45.5. The van der Waals surface area contributed by atoms with Gasteiger partial charge in [-0.3, -0.25) is 14.4 Å². The van der Waals surface area contributed by atoms with Crippen LogP contribution in [-0.4, -0.2) is 54.1 Å². The van der Waals surface area contributed by atoms with Crippen LogP contribution in [0.2, 0.25) is 0 Å². The van der Waals surface area contributed by atoms with Crippen molar-refractivity contribution in [1.82, 2.24) is 9.88 Å². The molecule has 3 aromatic rings. The fraction of sp³-hybridized carbons (Fsp3) is 0.323. The smallest absolute Gasteiger partial charge is 0.256 e. The van der Waals surface area contributed by atoms with Gasteiger partial charge in [-0.15, -0.1) is 0 Å². The molecule has 2 aliphatic rings. The van der Waals surface area contributed by atoms with Crippen molar-refractivity contribution in [1.29, 1.82) is 0 Å². The number of amides is 1. The number of nitrogens with one attached hydrogen (secondary N) is 2. The van der Waals surface area contributed by atoms with Gasteiger partial charge in [0.1, 0.15) is 5.75 Å². The Morgan fingerprint density at radius 3 is 2.55 bits per heavy atom. The highest BCUT2D eigenvalue weighted by Crippen LogP contribution is 2.36. The number of hydrogen-bond acceptors (Lipinski definition) is 5. The zero-order valence-electron chi connectivity index (χ0n) is 21.9. The first-order valence-corrected chi connectivity index (χ1v) is 13.3. The number of hydrogen-bond donors (Lipinski definition) is 2. The van der Waals surface area contributed by atoms with E-state index in [1.54, 1.807) is 44.4 Å². The largest absolute Gasteiger partial charge is 0.497 e. The predicted molar refractivity (Wildman–Crippen MR) is 149 cm³/mol. The van der Waals surface area contributed by atoms with Gasteiger partial charge < -0.3 is 19.9 Å². The first kappa shape index (κ1) is 25.7. The van der Waals surface area contributed by atoms with Crippen molar-refractivity contribution in [3.63, 3.8) is 0 Å². The van der Waals surface area contributed by atoms with Crippen LogP contribution in [0.4, 0.5) is 5.69 Å². The molecule has 7 nitrogen and oxygen atoms in total. The van der Waals surface area contributed by atoms with Crippen LogP contribution in [0.1, 0.15) is 75.3 Å². The summed E-state index contributed by atoms with van der Waals surface area (Å²) in [6, 6.07) is 14.4. The number of likely N-dealkylation sites (tertiary alicyclic amines) is 1. The Morgan fingerprint density at radius 1 is 1.05 bits per heavy atom. The van der Waals surface area contributed by atoms with Gasteiger partial charge in [0.15, 0.2) is 11.6 Å². The number of fused-ring (bicyclic) bond motifs is 1. The highest BCUT2D eigenvalue weighted by molar-refractivity contribution is 6.35. The molecule has 3 heterocycles. The van der Waals surface area contributed by atoms with Crippen molar-refractivity contribution < 1.29 is 19.1 Å². The van der Waals surface area contributed by atoms with Gasteiger partial charge in [-0.2, -0.15) is 0 Å². The molecule has 1 fully saturated rings. The molecule has 5 rings (SSSR count). The maximum atomic E-state index is 13.6. The standard InChI is InChI=1S/C31H33N3O4/c1-20-28(30(36)21-10-4-3-5-11-21)26(19-24-23-14-13-22(38-2)18-25(23)33-31(24)37)32-29(20)27(35)12-6-7-15-34-16-8-9-17-34/h3-5,10-11,13-14,18-19,32H,6-9,12,15-17H2,1-2H3,(H,33,37)/b24-19-. The summed E-state index contributed by atoms with van der Waals surface area (Å²) >= 11 is 0. The normalized spacial score (nSPS) is 16.1. The average Bonchev–Trinajstić information content (AvgIpc) is 3.64.